The van der Waals surface area contributed by atoms with Crippen LogP contribution in [0.15, 0.2) is 72.8 Å². The van der Waals surface area contributed by atoms with E-state index < -0.39 is 35.8 Å². The van der Waals surface area contributed by atoms with Gasteiger partial charge in [-0.1, -0.05) is 48.5 Å². The smallest absolute Gasteiger partial charge is 0.338 e. The predicted molar refractivity (Wildman–Crippen MR) is 97.1 cm³/mol. The van der Waals surface area contributed by atoms with Crippen LogP contribution in [0.2, 0.25) is 0 Å². The maximum absolute atomic E-state index is 13.5. The normalized spacial score (nSPS) is 10.3. The van der Waals surface area contributed by atoms with Crippen molar-refractivity contribution in [1.82, 2.24) is 0 Å². The van der Waals surface area contributed by atoms with Gasteiger partial charge in [-0.15, -0.1) is 0 Å². The fraction of sp³-hybridized carbons (Fsp3) is 0.0476. The van der Waals surface area contributed by atoms with E-state index in [0.717, 1.165) is 23.3 Å². The van der Waals surface area contributed by atoms with Gasteiger partial charge in [0.2, 0.25) is 0 Å². The van der Waals surface area contributed by atoms with Gasteiger partial charge in [0.1, 0.15) is 17.3 Å². The van der Waals surface area contributed by atoms with Crippen molar-refractivity contribution in [1.29, 1.82) is 0 Å². The van der Waals surface area contributed by atoms with Crippen molar-refractivity contribution in [3.63, 3.8) is 0 Å². The van der Waals surface area contributed by atoms with Gasteiger partial charge in [0.25, 0.3) is 5.91 Å². The first-order chi connectivity index (χ1) is 13.0. The topological polar surface area (TPSA) is 55.4 Å². The lowest BCUT2D eigenvalue weighted by Gasteiger charge is -2.08. The molecule has 0 aliphatic heterocycles. The molecule has 0 atom stereocenters. The molecule has 0 aromatic heterocycles. The number of hydrogen-bond donors (Lipinski definition) is 1. The minimum absolute atomic E-state index is 0.263. The van der Waals surface area contributed by atoms with Crippen LogP contribution in [0.25, 0.3) is 11.1 Å². The van der Waals surface area contributed by atoms with Crippen molar-refractivity contribution in [3.8, 4) is 11.1 Å². The second-order valence-corrected chi connectivity index (χ2v) is 5.66. The number of carbonyl (C=O) groups excluding carboxylic acids is 2. The van der Waals surface area contributed by atoms with Gasteiger partial charge in [-0.3, -0.25) is 4.79 Å². The number of halogens is 2. The zero-order valence-corrected chi connectivity index (χ0v) is 14.1. The van der Waals surface area contributed by atoms with E-state index in [1.807, 2.05) is 35.6 Å². The number of anilines is 1. The molecule has 0 unspecified atom stereocenters. The van der Waals surface area contributed by atoms with Gasteiger partial charge < -0.3 is 10.1 Å². The first-order valence-corrected chi connectivity index (χ1v) is 8.11. The van der Waals surface area contributed by atoms with Crippen LogP contribution >= 0.6 is 0 Å². The molecule has 27 heavy (non-hydrogen) atoms. The third kappa shape index (κ3) is 4.55. The van der Waals surface area contributed by atoms with Crippen LogP contribution in [0.5, 0.6) is 0 Å². The lowest BCUT2D eigenvalue weighted by atomic mass is 10.0. The third-order valence-electron chi connectivity index (χ3n) is 3.79. The summed E-state index contributed by atoms with van der Waals surface area (Å²) in [5.74, 6) is -3.37. The van der Waals surface area contributed by atoms with E-state index in [1.165, 1.54) is 6.07 Å². The third-order valence-corrected chi connectivity index (χ3v) is 3.79. The van der Waals surface area contributed by atoms with Crippen LogP contribution in [0.4, 0.5) is 14.5 Å². The Balaban J connectivity index is 1.58. The van der Waals surface area contributed by atoms with Crippen molar-refractivity contribution >= 4 is 17.6 Å². The minimum Gasteiger partial charge on any atom is -0.452 e. The van der Waals surface area contributed by atoms with Gasteiger partial charge in [-0.05, 0) is 35.4 Å². The maximum atomic E-state index is 13.5. The number of hydrogen-bond acceptors (Lipinski definition) is 3. The van der Waals surface area contributed by atoms with Crippen molar-refractivity contribution in [2.75, 3.05) is 11.9 Å². The zero-order valence-electron chi connectivity index (χ0n) is 14.1. The zero-order chi connectivity index (χ0) is 19.2. The second-order valence-electron chi connectivity index (χ2n) is 5.66. The summed E-state index contributed by atoms with van der Waals surface area (Å²) in [7, 11) is 0. The second kappa shape index (κ2) is 8.23. The molecule has 3 rings (SSSR count). The standard InChI is InChI=1S/C21H15F2NO3/c22-17-7-4-8-18(23)20(17)24-19(25)13-27-21(26)16-11-9-15(10-12-16)14-5-2-1-3-6-14/h1-12H,13H2,(H,24,25). The molecule has 6 heteroatoms. The Morgan fingerprint density at radius 2 is 1.37 bits per heavy atom. The van der Waals surface area contributed by atoms with Gasteiger partial charge in [0, 0.05) is 0 Å². The molecular formula is C21H15F2NO3. The molecule has 3 aromatic carbocycles. The van der Waals surface area contributed by atoms with Gasteiger partial charge in [0.05, 0.1) is 5.56 Å². The highest BCUT2D eigenvalue weighted by Crippen LogP contribution is 2.20. The quantitative estimate of drug-likeness (QED) is 0.679. The number of nitrogens with one attached hydrogen (secondary N) is 1. The number of ether oxygens (including phenoxy) is 1. The molecule has 0 saturated heterocycles. The highest BCUT2D eigenvalue weighted by atomic mass is 19.1. The monoisotopic (exact) mass is 367 g/mol. The number of esters is 1. The summed E-state index contributed by atoms with van der Waals surface area (Å²) >= 11 is 0. The van der Waals surface area contributed by atoms with E-state index in [1.54, 1.807) is 24.3 Å². The van der Waals surface area contributed by atoms with Gasteiger partial charge >= 0.3 is 5.97 Å². The van der Waals surface area contributed by atoms with Crippen molar-refractivity contribution in [2.24, 2.45) is 0 Å². The van der Waals surface area contributed by atoms with Crippen LogP contribution in [-0.4, -0.2) is 18.5 Å². The highest BCUT2D eigenvalue weighted by Gasteiger charge is 2.14. The Labute approximate surface area is 154 Å². The van der Waals surface area contributed by atoms with Crippen LogP contribution in [-0.2, 0) is 9.53 Å². The van der Waals surface area contributed by atoms with Gasteiger partial charge in [-0.25, -0.2) is 13.6 Å². The number of carbonyl (C=O) groups is 2. The number of benzene rings is 3. The summed E-state index contributed by atoms with van der Waals surface area (Å²) in [5, 5.41) is 2.05. The Kier molecular flexibility index (Phi) is 5.56. The van der Waals surface area contributed by atoms with E-state index in [9.17, 15) is 18.4 Å². The predicted octanol–water partition coefficient (Wildman–Crippen LogP) is 4.43. The average Bonchev–Trinajstić information content (AvgIpc) is 2.70. The fourth-order valence-corrected chi connectivity index (χ4v) is 2.44. The molecule has 3 aromatic rings. The fourth-order valence-electron chi connectivity index (χ4n) is 2.44. The Hall–Kier alpha value is -3.54. The maximum Gasteiger partial charge on any atom is 0.338 e. The molecule has 1 N–H and O–H groups in total. The van der Waals surface area contributed by atoms with Crippen LogP contribution < -0.4 is 5.32 Å². The van der Waals surface area contributed by atoms with E-state index >= 15 is 0 Å². The van der Waals surface area contributed by atoms with E-state index in [2.05, 4.69) is 0 Å². The average molecular weight is 367 g/mol. The molecule has 1 amide bonds. The number of rotatable bonds is 5. The van der Waals surface area contributed by atoms with Crippen molar-refractivity contribution < 1.29 is 23.1 Å². The Morgan fingerprint density at radius 3 is 2.00 bits per heavy atom. The van der Waals surface area contributed by atoms with E-state index in [4.69, 9.17) is 4.74 Å². The van der Waals surface area contributed by atoms with E-state index in [-0.39, 0.29) is 5.56 Å². The van der Waals surface area contributed by atoms with Crippen molar-refractivity contribution in [2.45, 2.75) is 0 Å². The molecule has 0 fully saturated rings. The highest BCUT2D eigenvalue weighted by molar-refractivity contribution is 5.95. The molecule has 0 aliphatic carbocycles. The summed E-state index contributed by atoms with van der Waals surface area (Å²) in [6.45, 7) is -0.660. The first-order valence-electron chi connectivity index (χ1n) is 8.11. The van der Waals surface area contributed by atoms with Crippen molar-refractivity contribution in [3.05, 3.63) is 90.0 Å². The summed E-state index contributed by atoms with van der Waals surface area (Å²) in [6, 6.07) is 19.5. The summed E-state index contributed by atoms with van der Waals surface area (Å²) in [6.07, 6.45) is 0. The molecule has 0 saturated carbocycles. The molecule has 0 spiro atoms. The summed E-state index contributed by atoms with van der Waals surface area (Å²) < 4.78 is 31.9. The Bertz CT molecular complexity index is 937. The number of para-hydroxylation sites is 1. The molecule has 4 nitrogen and oxygen atoms in total. The molecule has 0 aliphatic rings. The minimum atomic E-state index is -0.911. The molecule has 136 valence electrons. The van der Waals surface area contributed by atoms with Gasteiger partial charge in [0.15, 0.2) is 6.61 Å². The Morgan fingerprint density at radius 1 is 0.778 bits per heavy atom. The lowest BCUT2D eigenvalue weighted by Crippen LogP contribution is -2.22. The van der Waals surface area contributed by atoms with E-state index in [0.29, 0.717) is 0 Å². The summed E-state index contributed by atoms with van der Waals surface area (Å²) in [4.78, 5) is 23.8. The molecule has 0 heterocycles. The largest absolute Gasteiger partial charge is 0.452 e. The van der Waals surface area contributed by atoms with Crippen LogP contribution in [0.3, 0.4) is 0 Å². The van der Waals surface area contributed by atoms with Crippen LogP contribution in [0.1, 0.15) is 10.4 Å². The number of amides is 1. The first kappa shape index (κ1) is 18.3. The van der Waals surface area contributed by atoms with Crippen LogP contribution in [0, 0.1) is 11.6 Å². The molecular weight excluding hydrogens is 352 g/mol. The molecule has 0 bridgehead atoms. The lowest BCUT2D eigenvalue weighted by molar-refractivity contribution is -0.119. The summed E-state index contributed by atoms with van der Waals surface area (Å²) in [5.41, 5.74) is 1.62. The SMILES string of the molecule is O=C(COC(=O)c1ccc(-c2ccccc2)cc1)Nc1c(F)cccc1F. The molecule has 0 radical (unpaired) electrons. The van der Waals surface area contributed by atoms with Gasteiger partial charge in [-0.2, -0.15) is 0 Å².